The Kier molecular flexibility index (Phi) is 9.09. The molecular formula is C21H27NO4S. The van der Waals surface area contributed by atoms with Crippen LogP contribution in [0, 0.1) is 11.8 Å². The zero-order chi connectivity index (χ0) is 19.5. The van der Waals surface area contributed by atoms with Crippen LogP contribution in [-0.2, 0) is 16.0 Å². The third-order valence-corrected chi connectivity index (χ3v) is 5.37. The van der Waals surface area contributed by atoms with Crippen molar-refractivity contribution in [3.05, 3.63) is 34.5 Å². The van der Waals surface area contributed by atoms with Crippen molar-refractivity contribution in [3.63, 3.8) is 0 Å². The minimum absolute atomic E-state index is 0.0497. The molecule has 0 radical (unpaired) electrons. The number of hydrogen-bond acceptors (Lipinski definition) is 4. The molecule has 5 nitrogen and oxygen atoms in total. The molecule has 2 rings (SSSR count). The van der Waals surface area contributed by atoms with E-state index in [0.717, 1.165) is 24.1 Å². The highest BCUT2D eigenvalue weighted by Crippen LogP contribution is 2.19. The Labute approximate surface area is 164 Å². The van der Waals surface area contributed by atoms with Crippen molar-refractivity contribution in [3.8, 4) is 11.8 Å². The minimum Gasteiger partial charge on any atom is -0.481 e. The van der Waals surface area contributed by atoms with E-state index in [0.29, 0.717) is 32.2 Å². The first-order valence-electron chi connectivity index (χ1n) is 9.42. The van der Waals surface area contributed by atoms with E-state index in [9.17, 15) is 14.7 Å². The number of likely N-dealkylation sites (tertiary alicyclic amines) is 1. The van der Waals surface area contributed by atoms with E-state index >= 15 is 0 Å². The van der Waals surface area contributed by atoms with Crippen LogP contribution in [0.1, 0.15) is 49.8 Å². The van der Waals surface area contributed by atoms with Crippen LogP contribution in [0.15, 0.2) is 29.7 Å². The fraction of sp³-hybridized carbons (Fsp3) is 0.524. The van der Waals surface area contributed by atoms with Crippen LogP contribution in [0.2, 0.25) is 0 Å². The Bertz CT molecular complexity index is 687. The van der Waals surface area contributed by atoms with Crippen molar-refractivity contribution in [1.29, 1.82) is 0 Å². The van der Waals surface area contributed by atoms with Crippen LogP contribution in [0.4, 0.5) is 0 Å². The lowest BCUT2D eigenvalue weighted by molar-refractivity contribution is -0.137. The fourth-order valence-corrected chi connectivity index (χ4v) is 3.79. The van der Waals surface area contributed by atoms with E-state index in [1.54, 1.807) is 22.3 Å². The van der Waals surface area contributed by atoms with Crippen LogP contribution in [0.3, 0.4) is 0 Å². The highest BCUT2D eigenvalue weighted by molar-refractivity contribution is 7.09. The second-order valence-electron chi connectivity index (χ2n) is 6.67. The third-order valence-electron chi connectivity index (χ3n) is 4.47. The van der Waals surface area contributed by atoms with E-state index in [-0.39, 0.29) is 18.4 Å². The summed E-state index contributed by atoms with van der Waals surface area (Å²) < 4.78 is 0. The summed E-state index contributed by atoms with van der Waals surface area (Å²) in [6, 6.07) is 3.92. The number of carbonyl (C=O) groups excluding carboxylic acids is 1. The van der Waals surface area contributed by atoms with Gasteiger partial charge in [-0.3, -0.25) is 9.59 Å². The van der Waals surface area contributed by atoms with Gasteiger partial charge in [0.25, 0.3) is 0 Å². The molecule has 1 aliphatic rings. The van der Waals surface area contributed by atoms with E-state index in [2.05, 4.69) is 11.8 Å². The standard InChI is InChI=1S/C21H27NO4S/c23-18(16-19-9-7-15-27-19)13-12-17-8-4-5-10-20(24)22(17)14-6-2-1-3-11-21(25)26/h7,9,12-13,15,17-18,23H,1,3-5,8,10-11,14,16H2,(H,25,26)/t17-,18?/m1/s1. The Morgan fingerprint density at radius 2 is 2.26 bits per heavy atom. The van der Waals surface area contributed by atoms with Crippen molar-refractivity contribution in [2.75, 3.05) is 6.54 Å². The van der Waals surface area contributed by atoms with E-state index in [4.69, 9.17) is 5.11 Å². The number of hydrogen-bond donors (Lipinski definition) is 2. The van der Waals surface area contributed by atoms with Crippen molar-refractivity contribution < 1.29 is 19.8 Å². The summed E-state index contributed by atoms with van der Waals surface area (Å²) in [7, 11) is 0. The first-order chi connectivity index (χ1) is 13.1. The van der Waals surface area contributed by atoms with Crippen LogP contribution in [-0.4, -0.2) is 45.7 Å². The van der Waals surface area contributed by atoms with Gasteiger partial charge in [-0.25, -0.2) is 0 Å². The lowest BCUT2D eigenvalue weighted by atomic mass is 10.1. The van der Waals surface area contributed by atoms with Gasteiger partial charge in [-0.1, -0.05) is 30.6 Å². The summed E-state index contributed by atoms with van der Waals surface area (Å²) in [6.07, 6.45) is 8.16. The van der Waals surface area contributed by atoms with E-state index in [1.807, 2.05) is 23.6 Å². The second kappa shape index (κ2) is 11.6. The minimum atomic E-state index is -0.814. The van der Waals surface area contributed by atoms with Crippen molar-refractivity contribution >= 4 is 23.2 Å². The van der Waals surface area contributed by atoms with E-state index < -0.39 is 12.1 Å². The summed E-state index contributed by atoms with van der Waals surface area (Å²) in [6.45, 7) is 0.349. The predicted octanol–water partition coefficient (Wildman–Crippen LogP) is 3.24. The van der Waals surface area contributed by atoms with Gasteiger partial charge in [-0.2, -0.15) is 0 Å². The van der Waals surface area contributed by atoms with Gasteiger partial charge in [-0.15, -0.1) is 17.3 Å². The molecule has 1 aromatic rings. The van der Waals surface area contributed by atoms with Crippen LogP contribution in [0.5, 0.6) is 0 Å². The molecule has 1 aliphatic heterocycles. The maximum atomic E-state index is 12.4. The molecule has 1 unspecified atom stereocenters. The Morgan fingerprint density at radius 3 is 3.00 bits per heavy atom. The molecular weight excluding hydrogens is 362 g/mol. The smallest absolute Gasteiger partial charge is 0.303 e. The number of carbonyl (C=O) groups is 2. The summed E-state index contributed by atoms with van der Waals surface area (Å²) in [5.41, 5.74) is 0. The predicted molar refractivity (Wildman–Crippen MR) is 106 cm³/mol. The lowest BCUT2D eigenvalue weighted by Crippen LogP contribution is -2.38. The Balaban J connectivity index is 1.92. The van der Waals surface area contributed by atoms with Crippen LogP contribution >= 0.6 is 11.3 Å². The number of aliphatic hydroxyl groups excluding tert-OH is 1. The molecule has 2 heterocycles. The van der Waals surface area contributed by atoms with Gasteiger partial charge >= 0.3 is 5.97 Å². The Morgan fingerprint density at radius 1 is 1.41 bits per heavy atom. The van der Waals surface area contributed by atoms with Gasteiger partial charge in [0.2, 0.25) is 5.91 Å². The molecule has 2 N–H and O–H groups in total. The van der Waals surface area contributed by atoms with E-state index in [1.165, 1.54) is 0 Å². The van der Waals surface area contributed by atoms with Crippen molar-refractivity contribution in [1.82, 2.24) is 4.90 Å². The number of rotatable bonds is 8. The number of aliphatic hydroxyl groups is 1. The number of aliphatic carboxylic acids is 1. The number of nitrogens with zero attached hydrogens (tertiary/aromatic N) is 1. The highest BCUT2D eigenvalue weighted by atomic mass is 32.1. The van der Waals surface area contributed by atoms with Gasteiger partial charge in [-0.05, 0) is 30.7 Å². The maximum absolute atomic E-state index is 12.4. The van der Waals surface area contributed by atoms with Gasteiger partial charge in [0.05, 0.1) is 18.7 Å². The highest BCUT2D eigenvalue weighted by Gasteiger charge is 2.23. The van der Waals surface area contributed by atoms with Gasteiger partial charge in [0.1, 0.15) is 0 Å². The number of amides is 1. The van der Waals surface area contributed by atoms with Crippen LogP contribution < -0.4 is 0 Å². The van der Waals surface area contributed by atoms with Gasteiger partial charge in [0.15, 0.2) is 0 Å². The second-order valence-corrected chi connectivity index (χ2v) is 7.70. The summed E-state index contributed by atoms with van der Waals surface area (Å²) in [4.78, 5) is 25.8. The molecule has 6 heteroatoms. The maximum Gasteiger partial charge on any atom is 0.303 e. The molecule has 0 saturated carbocycles. The zero-order valence-electron chi connectivity index (χ0n) is 15.5. The first-order valence-corrected chi connectivity index (χ1v) is 10.3. The molecule has 146 valence electrons. The largest absolute Gasteiger partial charge is 0.481 e. The number of carboxylic acid groups (broad SMARTS) is 1. The van der Waals surface area contributed by atoms with Gasteiger partial charge < -0.3 is 15.1 Å². The molecule has 2 atom stereocenters. The molecule has 0 aliphatic carbocycles. The van der Waals surface area contributed by atoms with Crippen molar-refractivity contribution in [2.45, 2.75) is 63.5 Å². The lowest BCUT2D eigenvalue weighted by Gasteiger charge is -2.26. The third kappa shape index (κ3) is 7.98. The van der Waals surface area contributed by atoms with Crippen molar-refractivity contribution in [2.24, 2.45) is 0 Å². The molecule has 0 spiro atoms. The summed E-state index contributed by atoms with van der Waals surface area (Å²) in [5.74, 6) is 5.25. The van der Waals surface area contributed by atoms with Crippen LogP contribution in [0.25, 0.3) is 0 Å². The molecule has 0 aromatic carbocycles. The SMILES string of the molecule is O=C(O)CCCC#CCN1C(=O)CCCC[C@@H]1C=CC(O)Cc1cccs1. The number of carboxylic acids is 1. The molecule has 1 aromatic heterocycles. The quantitative estimate of drug-likeness (QED) is 0.406. The summed E-state index contributed by atoms with van der Waals surface area (Å²) >= 11 is 1.62. The Hall–Kier alpha value is -2.10. The molecule has 1 saturated heterocycles. The number of unbranched alkanes of at least 4 members (excludes halogenated alkanes) is 1. The fourth-order valence-electron chi connectivity index (χ4n) is 3.04. The average Bonchev–Trinajstić information content (AvgIpc) is 3.07. The zero-order valence-corrected chi connectivity index (χ0v) is 16.3. The molecule has 1 amide bonds. The molecule has 1 fully saturated rings. The molecule has 27 heavy (non-hydrogen) atoms. The average molecular weight is 390 g/mol. The first kappa shape index (κ1) is 21.2. The summed E-state index contributed by atoms with van der Waals surface area (Å²) in [5, 5.41) is 20.9. The monoisotopic (exact) mass is 389 g/mol. The van der Waals surface area contributed by atoms with Gasteiger partial charge in [0, 0.05) is 30.6 Å². The number of thiophene rings is 1. The molecule has 0 bridgehead atoms. The topological polar surface area (TPSA) is 77.8 Å². The normalized spacial score (nSPS) is 18.8.